The molecule has 0 aromatic heterocycles. The molecule has 246 valence electrons. The van der Waals surface area contributed by atoms with Crippen LogP contribution < -0.4 is 32.8 Å². The van der Waals surface area contributed by atoms with Gasteiger partial charge in [-0.1, -0.05) is 152 Å². The molecule has 4 N–H and O–H groups in total. The Balaban J connectivity index is 1.33. The van der Waals surface area contributed by atoms with Crippen LogP contribution in [0.1, 0.15) is 36.1 Å². The topological polar surface area (TPSA) is 55.3 Å². The quantitative estimate of drug-likeness (QED) is 0.144. The minimum atomic E-state index is -0.124. The van der Waals surface area contributed by atoms with E-state index in [1.165, 1.54) is 61.1 Å². The predicted octanol–water partition coefficient (Wildman–Crippen LogP) is 8.91. The highest BCUT2D eigenvalue weighted by Gasteiger charge is 2.37. The SMILES string of the molecule is CC1(C)c2ccccc2N(c2ccc3c(c2)-c2ccccc2B(c2ccccc2)c2ccccc2-c2cc(N)cc(N)c2CC3)c2ccccc21. The smallest absolute Gasteiger partial charge is 0.242 e. The Kier molecular flexibility index (Phi) is 7.36. The first-order valence-electron chi connectivity index (χ1n) is 17.9. The summed E-state index contributed by atoms with van der Waals surface area (Å²) in [4.78, 5) is 2.46. The van der Waals surface area contributed by atoms with Crippen LogP contribution in [0.5, 0.6) is 0 Å². The number of rotatable bonds is 2. The normalized spacial score (nSPS) is 14.2. The third kappa shape index (κ3) is 5.05. The van der Waals surface area contributed by atoms with Gasteiger partial charge in [-0.15, -0.1) is 0 Å². The molecule has 3 nitrogen and oxygen atoms in total. The van der Waals surface area contributed by atoms with Gasteiger partial charge in [0, 0.05) is 22.5 Å². The molecule has 0 spiro atoms. The van der Waals surface area contributed by atoms with Crippen LogP contribution in [-0.2, 0) is 18.3 Å². The fraction of sp³-hybridized carbons (Fsp3) is 0.106. The molecule has 4 heteroatoms. The van der Waals surface area contributed by atoms with Gasteiger partial charge < -0.3 is 16.4 Å². The van der Waals surface area contributed by atoms with Gasteiger partial charge in [0.05, 0.1) is 11.4 Å². The van der Waals surface area contributed by atoms with E-state index in [0.717, 1.165) is 35.3 Å². The van der Waals surface area contributed by atoms with Crippen molar-refractivity contribution < 1.29 is 0 Å². The zero-order chi connectivity index (χ0) is 34.7. The van der Waals surface area contributed by atoms with Gasteiger partial charge in [-0.25, -0.2) is 0 Å². The van der Waals surface area contributed by atoms with E-state index in [4.69, 9.17) is 11.5 Å². The van der Waals surface area contributed by atoms with Crippen molar-refractivity contribution in [3.63, 3.8) is 0 Å². The van der Waals surface area contributed by atoms with E-state index in [1.807, 2.05) is 6.07 Å². The van der Waals surface area contributed by atoms with Crippen LogP contribution in [0.15, 0.2) is 158 Å². The molecule has 2 aliphatic heterocycles. The number of fused-ring (bicyclic) bond motifs is 8. The standard InChI is InChI=1S/C47H40BN3/c1-47(2)40-18-8-12-22-45(40)51(46-23-13-9-19-41(46)47)34-26-24-31-25-27-37-39(28-33(49)29-44(37)50)36-17-7-11-21-43(36)48(32-14-4-3-5-15-32)42-20-10-6-16-35(42)38(31)30-34/h3-24,26,28-30H,25,27,49-50H2,1-2H3. The fourth-order valence-electron chi connectivity index (χ4n) is 8.78. The van der Waals surface area contributed by atoms with Crippen molar-refractivity contribution in [1.29, 1.82) is 0 Å². The average molecular weight is 658 g/mol. The summed E-state index contributed by atoms with van der Waals surface area (Å²) in [5.41, 5.74) is 31.9. The molecule has 2 aliphatic rings. The molecule has 0 amide bonds. The zero-order valence-corrected chi connectivity index (χ0v) is 29.1. The number of anilines is 5. The van der Waals surface area contributed by atoms with Crippen LogP contribution in [0.2, 0.25) is 0 Å². The van der Waals surface area contributed by atoms with Crippen molar-refractivity contribution in [3.8, 4) is 22.3 Å². The first-order chi connectivity index (χ1) is 24.9. The van der Waals surface area contributed by atoms with Crippen LogP contribution in [0.4, 0.5) is 28.4 Å². The number of para-hydroxylation sites is 2. The van der Waals surface area contributed by atoms with Crippen molar-refractivity contribution in [1.82, 2.24) is 0 Å². The molecular formula is C47H40BN3. The van der Waals surface area contributed by atoms with E-state index in [2.05, 4.69) is 170 Å². The molecule has 0 bridgehead atoms. The monoisotopic (exact) mass is 657 g/mol. The Hall–Kier alpha value is -6.00. The van der Waals surface area contributed by atoms with E-state index in [0.29, 0.717) is 5.69 Å². The summed E-state index contributed by atoms with van der Waals surface area (Å²) >= 11 is 0. The highest BCUT2D eigenvalue weighted by atomic mass is 15.2. The Bertz CT molecular complexity index is 2400. The molecule has 0 radical (unpaired) electrons. The van der Waals surface area contributed by atoms with Gasteiger partial charge in [0.25, 0.3) is 0 Å². The van der Waals surface area contributed by atoms with Crippen LogP contribution in [0.3, 0.4) is 0 Å². The molecule has 0 unspecified atom stereocenters. The number of hydrogen-bond acceptors (Lipinski definition) is 3. The summed E-state index contributed by atoms with van der Waals surface area (Å²) in [5.74, 6) is 0. The maximum atomic E-state index is 6.85. The van der Waals surface area contributed by atoms with Gasteiger partial charge >= 0.3 is 0 Å². The summed E-state index contributed by atoms with van der Waals surface area (Å²) in [7, 11) is 0. The molecule has 51 heavy (non-hydrogen) atoms. The molecule has 2 heterocycles. The first-order valence-corrected chi connectivity index (χ1v) is 17.9. The molecule has 7 aromatic carbocycles. The molecule has 0 fully saturated rings. The second-order valence-corrected chi connectivity index (χ2v) is 14.5. The van der Waals surface area contributed by atoms with Gasteiger partial charge in [-0.2, -0.15) is 0 Å². The zero-order valence-electron chi connectivity index (χ0n) is 29.1. The minimum absolute atomic E-state index is 0.0269. The van der Waals surface area contributed by atoms with Crippen molar-refractivity contribution >= 4 is 51.5 Å². The number of hydrogen-bond donors (Lipinski definition) is 2. The van der Waals surface area contributed by atoms with Crippen LogP contribution in [0.25, 0.3) is 22.3 Å². The van der Waals surface area contributed by atoms with Gasteiger partial charge in [0.15, 0.2) is 0 Å². The summed E-state index contributed by atoms with van der Waals surface area (Å²) in [5, 5.41) is 0. The molecule has 0 saturated carbocycles. The molecule has 0 aliphatic carbocycles. The minimum Gasteiger partial charge on any atom is -0.399 e. The van der Waals surface area contributed by atoms with Crippen molar-refractivity contribution in [2.24, 2.45) is 0 Å². The van der Waals surface area contributed by atoms with Gasteiger partial charge in [0.1, 0.15) is 0 Å². The highest BCUT2D eigenvalue weighted by Crippen LogP contribution is 2.52. The summed E-state index contributed by atoms with van der Waals surface area (Å²) < 4.78 is 0. The molecule has 0 saturated heterocycles. The maximum absolute atomic E-state index is 6.85. The number of aryl methyl sites for hydroxylation is 1. The van der Waals surface area contributed by atoms with E-state index >= 15 is 0 Å². The predicted molar refractivity (Wildman–Crippen MR) is 218 cm³/mol. The van der Waals surface area contributed by atoms with E-state index < -0.39 is 0 Å². The average Bonchev–Trinajstić information content (AvgIpc) is 3.17. The second kappa shape index (κ2) is 12.1. The summed E-state index contributed by atoms with van der Waals surface area (Å²) in [6.07, 6.45) is 1.63. The lowest BCUT2D eigenvalue weighted by Gasteiger charge is -2.42. The van der Waals surface area contributed by atoms with E-state index in [9.17, 15) is 0 Å². The van der Waals surface area contributed by atoms with Crippen LogP contribution in [0, 0.1) is 0 Å². The lowest BCUT2D eigenvalue weighted by Crippen LogP contribution is -2.53. The Morgan fingerprint density at radius 3 is 1.76 bits per heavy atom. The van der Waals surface area contributed by atoms with E-state index in [-0.39, 0.29) is 12.1 Å². The summed E-state index contributed by atoms with van der Waals surface area (Å²) in [6, 6.07) is 57.6. The van der Waals surface area contributed by atoms with Crippen LogP contribution in [-0.4, -0.2) is 6.71 Å². The van der Waals surface area contributed by atoms with Gasteiger partial charge in [-0.3, -0.25) is 0 Å². The lowest BCUT2D eigenvalue weighted by atomic mass is 9.35. The second-order valence-electron chi connectivity index (χ2n) is 14.5. The van der Waals surface area contributed by atoms with Crippen molar-refractivity contribution in [3.05, 3.63) is 180 Å². The molecular weight excluding hydrogens is 617 g/mol. The largest absolute Gasteiger partial charge is 0.399 e. The van der Waals surface area contributed by atoms with Crippen molar-refractivity contribution in [2.45, 2.75) is 32.1 Å². The number of nitrogen functional groups attached to an aromatic ring is 2. The Labute approximate surface area is 301 Å². The first kappa shape index (κ1) is 31.0. The highest BCUT2D eigenvalue weighted by molar-refractivity contribution is 6.97. The van der Waals surface area contributed by atoms with Gasteiger partial charge in [-0.05, 0) is 93.7 Å². The van der Waals surface area contributed by atoms with E-state index in [1.54, 1.807) is 0 Å². The van der Waals surface area contributed by atoms with Gasteiger partial charge in [0.2, 0.25) is 6.71 Å². The third-order valence-corrected chi connectivity index (χ3v) is 11.2. The molecule has 0 atom stereocenters. The number of nitrogens with two attached hydrogens (primary N) is 2. The Morgan fingerprint density at radius 2 is 1.10 bits per heavy atom. The van der Waals surface area contributed by atoms with Crippen molar-refractivity contribution in [2.75, 3.05) is 16.4 Å². The fourth-order valence-corrected chi connectivity index (χ4v) is 8.78. The Morgan fingerprint density at radius 1 is 0.529 bits per heavy atom. The maximum Gasteiger partial charge on any atom is 0.242 e. The molecule has 7 aromatic rings. The summed E-state index contributed by atoms with van der Waals surface area (Å²) in [6.45, 7) is 4.65. The molecule has 9 rings (SSSR count). The third-order valence-electron chi connectivity index (χ3n) is 11.2. The number of nitrogens with zero attached hydrogens (tertiary/aromatic N) is 1. The van der Waals surface area contributed by atoms with Crippen LogP contribution >= 0.6 is 0 Å². The number of benzene rings is 7. The lowest BCUT2D eigenvalue weighted by molar-refractivity contribution is 0.632.